The summed E-state index contributed by atoms with van der Waals surface area (Å²) in [5, 5.41) is 9.00. The van der Waals surface area contributed by atoms with Crippen LogP contribution in [-0.4, -0.2) is 21.4 Å². The van der Waals surface area contributed by atoms with Gasteiger partial charge in [-0.25, -0.2) is 0 Å². The highest BCUT2D eigenvalue weighted by atomic mass is 35.5. The third-order valence-electron chi connectivity index (χ3n) is 3.67. The van der Waals surface area contributed by atoms with Crippen molar-refractivity contribution in [2.75, 3.05) is 0 Å². The molecule has 2 aromatic carbocycles. The molecular weight excluding hydrogens is 356 g/mol. The number of carbonyl (C=O) groups excluding carboxylic acids is 1. The van der Waals surface area contributed by atoms with Gasteiger partial charge in [0, 0.05) is 10.6 Å². The summed E-state index contributed by atoms with van der Waals surface area (Å²) < 4.78 is 0. The number of carboxylic acid groups (broad SMARTS) is 1. The van der Waals surface area contributed by atoms with Crippen molar-refractivity contribution >= 4 is 34.4 Å². The average molecular weight is 375 g/mol. The number of hydrogen-bond acceptors (Lipinski definition) is 3. The lowest BCUT2D eigenvalue weighted by Gasteiger charge is -2.10. The van der Waals surface area contributed by atoms with Crippen molar-refractivity contribution in [2.45, 2.75) is 25.0 Å². The molecule has 0 aliphatic carbocycles. The van der Waals surface area contributed by atoms with Gasteiger partial charge < -0.3 is 5.11 Å². The van der Waals surface area contributed by atoms with Gasteiger partial charge in [0.15, 0.2) is 0 Å². The maximum absolute atomic E-state index is 11.6. The van der Waals surface area contributed by atoms with Crippen LogP contribution in [-0.2, 0) is 16.0 Å². The van der Waals surface area contributed by atoms with Crippen molar-refractivity contribution in [3.63, 3.8) is 0 Å². The Labute approximate surface area is 156 Å². The van der Waals surface area contributed by atoms with Crippen molar-refractivity contribution in [1.82, 2.24) is 0 Å². The van der Waals surface area contributed by atoms with Gasteiger partial charge in [0.1, 0.15) is 5.25 Å². The molecule has 0 radical (unpaired) electrons. The largest absolute Gasteiger partial charge is 0.480 e. The molecular formula is C20H19ClO3S. The lowest BCUT2D eigenvalue weighted by Crippen LogP contribution is -2.19. The molecule has 0 aromatic heterocycles. The van der Waals surface area contributed by atoms with Crippen LogP contribution in [0.2, 0.25) is 5.02 Å². The molecule has 2 aromatic rings. The van der Waals surface area contributed by atoms with Crippen molar-refractivity contribution in [3.8, 4) is 11.1 Å². The summed E-state index contributed by atoms with van der Waals surface area (Å²) in [5.41, 5.74) is 3.01. The number of carboxylic acids is 1. The molecule has 0 saturated heterocycles. The Morgan fingerprint density at radius 3 is 2.44 bits per heavy atom. The average Bonchev–Trinajstić information content (AvgIpc) is 2.59. The van der Waals surface area contributed by atoms with Gasteiger partial charge in [-0.15, -0.1) is 0 Å². The Morgan fingerprint density at radius 1 is 1.16 bits per heavy atom. The first-order chi connectivity index (χ1) is 12.0. The minimum absolute atomic E-state index is 0.232. The number of allylic oxidation sites excluding steroid dienone is 1. The minimum Gasteiger partial charge on any atom is -0.480 e. The van der Waals surface area contributed by atoms with Crippen LogP contribution >= 0.6 is 23.4 Å². The van der Waals surface area contributed by atoms with E-state index in [2.05, 4.69) is 0 Å². The molecule has 0 amide bonds. The van der Waals surface area contributed by atoms with E-state index in [1.165, 1.54) is 6.08 Å². The predicted molar refractivity (Wildman–Crippen MR) is 104 cm³/mol. The fourth-order valence-electron chi connectivity index (χ4n) is 2.39. The molecule has 1 unspecified atom stereocenters. The summed E-state index contributed by atoms with van der Waals surface area (Å²) in [7, 11) is 0. The zero-order chi connectivity index (χ0) is 18.2. The van der Waals surface area contributed by atoms with Crippen molar-refractivity contribution in [1.29, 1.82) is 0 Å². The smallest absolute Gasteiger partial charge is 0.317 e. The van der Waals surface area contributed by atoms with Crippen LogP contribution in [0.5, 0.6) is 0 Å². The molecule has 1 atom stereocenters. The van der Waals surface area contributed by atoms with E-state index in [0.717, 1.165) is 28.5 Å². The first kappa shape index (κ1) is 19.3. The summed E-state index contributed by atoms with van der Waals surface area (Å²) in [5.74, 6) is -0.962. The molecule has 0 fully saturated rings. The maximum atomic E-state index is 11.6. The van der Waals surface area contributed by atoms with Gasteiger partial charge in [-0.3, -0.25) is 9.59 Å². The maximum Gasteiger partial charge on any atom is 0.317 e. The summed E-state index contributed by atoms with van der Waals surface area (Å²) in [6.45, 7) is 1.73. The number of aliphatic carboxylic acids is 1. The topological polar surface area (TPSA) is 54.4 Å². The number of aryl methyl sites for hydroxylation is 1. The number of carbonyl (C=O) groups is 2. The number of hydrogen-bond donors (Lipinski definition) is 1. The van der Waals surface area contributed by atoms with Crippen molar-refractivity contribution < 1.29 is 14.7 Å². The second-order valence-electron chi connectivity index (χ2n) is 5.48. The second kappa shape index (κ2) is 9.44. The summed E-state index contributed by atoms with van der Waals surface area (Å²) in [4.78, 5) is 22.9. The summed E-state index contributed by atoms with van der Waals surface area (Å²) in [6.07, 6.45) is 3.99. The van der Waals surface area contributed by atoms with Crippen LogP contribution in [0.4, 0.5) is 0 Å². The number of halogens is 1. The van der Waals surface area contributed by atoms with E-state index in [4.69, 9.17) is 11.6 Å². The minimum atomic E-state index is -0.962. The van der Waals surface area contributed by atoms with Crippen LogP contribution in [0, 0.1) is 0 Å². The lowest BCUT2D eigenvalue weighted by molar-refractivity contribution is -0.136. The quantitative estimate of drug-likeness (QED) is 0.674. The van der Waals surface area contributed by atoms with Crippen LogP contribution < -0.4 is 0 Å². The molecule has 0 aliphatic rings. The van der Waals surface area contributed by atoms with Gasteiger partial charge in [0.25, 0.3) is 0 Å². The SMILES string of the molecule is CC=CC(=O)SC(CCc1ccc(-c2ccccc2Cl)cc1)C(=O)O. The zero-order valence-corrected chi connectivity index (χ0v) is 15.4. The van der Waals surface area contributed by atoms with Gasteiger partial charge in [0.2, 0.25) is 5.12 Å². The predicted octanol–water partition coefficient (Wildman–Crippen LogP) is 5.23. The van der Waals surface area contributed by atoms with Gasteiger partial charge in [-0.2, -0.15) is 0 Å². The molecule has 1 N–H and O–H groups in total. The monoisotopic (exact) mass is 374 g/mol. The second-order valence-corrected chi connectivity index (χ2v) is 7.09. The molecule has 0 aliphatic heterocycles. The molecule has 0 bridgehead atoms. The van der Waals surface area contributed by atoms with Crippen LogP contribution in [0.1, 0.15) is 18.9 Å². The summed E-state index contributed by atoms with van der Waals surface area (Å²) in [6, 6.07) is 15.5. The molecule has 0 saturated carbocycles. The van der Waals surface area contributed by atoms with Crippen molar-refractivity contribution in [3.05, 3.63) is 71.3 Å². The fraction of sp³-hybridized carbons (Fsp3) is 0.200. The lowest BCUT2D eigenvalue weighted by atomic mass is 10.0. The Balaban J connectivity index is 2.01. The number of benzene rings is 2. The normalized spacial score (nSPS) is 12.2. The Hall–Kier alpha value is -2.04. The van der Waals surface area contributed by atoms with E-state index in [1.807, 2.05) is 48.5 Å². The first-order valence-electron chi connectivity index (χ1n) is 7.91. The van der Waals surface area contributed by atoms with E-state index >= 15 is 0 Å². The number of thioether (sulfide) groups is 1. The van der Waals surface area contributed by atoms with Gasteiger partial charge in [-0.1, -0.05) is 71.9 Å². The van der Waals surface area contributed by atoms with Crippen LogP contribution in [0.3, 0.4) is 0 Å². The van der Waals surface area contributed by atoms with E-state index < -0.39 is 11.2 Å². The van der Waals surface area contributed by atoms with E-state index in [9.17, 15) is 14.7 Å². The number of rotatable bonds is 7. The van der Waals surface area contributed by atoms with Crippen LogP contribution in [0.15, 0.2) is 60.7 Å². The zero-order valence-electron chi connectivity index (χ0n) is 13.8. The first-order valence-corrected chi connectivity index (χ1v) is 9.17. The van der Waals surface area contributed by atoms with Crippen LogP contribution in [0.25, 0.3) is 11.1 Å². The van der Waals surface area contributed by atoms with Gasteiger partial charge in [-0.05, 0) is 43.0 Å². The van der Waals surface area contributed by atoms with Gasteiger partial charge >= 0.3 is 5.97 Å². The molecule has 2 rings (SSSR count). The third-order valence-corrected chi connectivity index (χ3v) is 5.09. The third kappa shape index (κ3) is 5.76. The van der Waals surface area contributed by atoms with E-state index in [0.29, 0.717) is 17.9 Å². The Kier molecular flexibility index (Phi) is 7.29. The molecule has 0 spiro atoms. The highest BCUT2D eigenvalue weighted by Gasteiger charge is 2.20. The Bertz CT molecular complexity index is 769. The highest BCUT2D eigenvalue weighted by molar-refractivity contribution is 8.15. The van der Waals surface area contributed by atoms with Crippen molar-refractivity contribution in [2.24, 2.45) is 0 Å². The molecule has 25 heavy (non-hydrogen) atoms. The van der Waals surface area contributed by atoms with E-state index in [1.54, 1.807) is 13.0 Å². The fourth-order valence-corrected chi connectivity index (χ4v) is 3.47. The van der Waals surface area contributed by atoms with Gasteiger partial charge in [0.05, 0.1) is 0 Å². The van der Waals surface area contributed by atoms with E-state index in [-0.39, 0.29) is 5.12 Å². The Morgan fingerprint density at radius 2 is 1.84 bits per heavy atom. The molecule has 5 heteroatoms. The molecule has 130 valence electrons. The molecule has 0 heterocycles. The summed E-state index contributed by atoms with van der Waals surface area (Å²) >= 11 is 7.06. The highest BCUT2D eigenvalue weighted by Crippen LogP contribution is 2.28. The molecule has 3 nitrogen and oxygen atoms in total. The standard InChI is InChI=1S/C20H19ClO3S/c1-2-5-19(22)25-18(20(23)24)13-10-14-8-11-15(12-9-14)16-6-3-4-7-17(16)21/h2-9,11-12,18H,10,13H2,1H3,(H,23,24).